The van der Waals surface area contributed by atoms with E-state index < -0.39 is 0 Å². The summed E-state index contributed by atoms with van der Waals surface area (Å²) >= 11 is 1.35. The second-order valence-electron chi connectivity index (χ2n) is 5.46. The minimum atomic E-state index is -0.210. The van der Waals surface area contributed by atoms with Gasteiger partial charge in [-0.1, -0.05) is 12.1 Å². The summed E-state index contributed by atoms with van der Waals surface area (Å²) in [6.45, 7) is 3.44. The Morgan fingerprint density at radius 1 is 1.36 bits per heavy atom. The summed E-state index contributed by atoms with van der Waals surface area (Å²) in [7, 11) is 0. The average Bonchev–Trinajstić information content (AvgIpc) is 2.95. The molecular formula is C16H19N3O2S. The lowest BCUT2D eigenvalue weighted by Crippen LogP contribution is -2.36. The van der Waals surface area contributed by atoms with Crippen molar-refractivity contribution in [2.24, 2.45) is 0 Å². The number of aromatic nitrogens is 1. The number of nitrogens with one attached hydrogen (secondary N) is 1. The summed E-state index contributed by atoms with van der Waals surface area (Å²) in [5.74, 6) is -0.121. The number of aliphatic hydroxyl groups excluding tert-OH is 1. The van der Waals surface area contributed by atoms with E-state index in [2.05, 4.69) is 15.2 Å². The van der Waals surface area contributed by atoms with Crippen LogP contribution in [0.2, 0.25) is 0 Å². The first-order valence-corrected chi connectivity index (χ1v) is 8.26. The number of nitrogens with zero attached hydrogens (tertiary/aromatic N) is 2. The molecular weight excluding hydrogens is 298 g/mol. The zero-order valence-corrected chi connectivity index (χ0v) is 13.3. The summed E-state index contributed by atoms with van der Waals surface area (Å²) in [5, 5.41) is 12.6. The molecule has 0 atom stereocenters. The summed E-state index contributed by atoms with van der Waals surface area (Å²) in [4.78, 5) is 19.4. The zero-order chi connectivity index (χ0) is 15.5. The van der Waals surface area contributed by atoms with Crippen LogP contribution >= 0.6 is 11.3 Å². The third-order valence-corrected chi connectivity index (χ3v) is 4.84. The number of para-hydroxylation sites is 2. The van der Waals surface area contributed by atoms with Crippen molar-refractivity contribution in [3.05, 3.63) is 40.3 Å². The number of thiazole rings is 1. The molecule has 1 fully saturated rings. The third kappa shape index (κ3) is 3.13. The molecule has 1 aromatic carbocycles. The van der Waals surface area contributed by atoms with Crippen LogP contribution < -0.4 is 10.2 Å². The van der Waals surface area contributed by atoms with E-state index in [9.17, 15) is 9.90 Å². The van der Waals surface area contributed by atoms with E-state index in [1.54, 1.807) is 5.51 Å². The van der Waals surface area contributed by atoms with E-state index in [1.807, 2.05) is 31.2 Å². The molecule has 0 spiro atoms. The highest BCUT2D eigenvalue weighted by atomic mass is 32.1. The topological polar surface area (TPSA) is 65.5 Å². The number of aliphatic hydroxyl groups is 1. The molecule has 0 unspecified atom stereocenters. The minimum absolute atomic E-state index is 0.121. The van der Waals surface area contributed by atoms with Crippen LogP contribution in [0.25, 0.3) is 0 Å². The molecule has 1 saturated heterocycles. The van der Waals surface area contributed by atoms with Crippen molar-refractivity contribution in [3.8, 4) is 0 Å². The van der Waals surface area contributed by atoms with Crippen LogP contribution in [0.3, 0.4) is 0 Å². The van der Waals surface area contributed by atoms with Gasteiger partial charge in [0.05, 0.1) is 28.7 Å². The zero-order valence-electron chi connectivity index (χ0n) is 12.5. The van der Waals surface area contributed by atoms with Crippen molar-refractivity contribution in [2.75, 3.05) is 23.3 Å². The fourth-order valence-corrected chi connectivity index (χ4v) is 3.36. The molecule has 1 aliphatic rings. The molecule has 22 heavy (non-hydrogen) atoms. The maximum Gasteiger partial charge on any atom is 0.267 e. The van der Waals surface area contributed by atoms with Crippen LogP contribution in [-0.2, 0) is 0 Å². The molecule has 2 aromatic rings. The predicted octanol–water partition coefficient (Wildman–Crippen LogP) is 2.66. The van der Waals surface area contributed by atoms with Gasteiger partial charge >= 0.3 is 0 Å². The second kappa shape index (κ2) is 6.46. The third-order valence-electron chi connectivity index (χ3n) is 3.91. The van der Waals surface area contributed by atoms with E-state index in [4.69, 9.17) is 0 Å². The van der Waals surface area contributed by atoms with Gasteiger partial charge in [0.1, 0.15) is 4.88 Å². The van der Waals surface area contributed by atoms with E-state index >= 15 is 0 Å². The van der Waals surface area contributed by atoms with Gasteiger partial charge in [0.15, 0.2) is 0 Å². The van der Waals surface area contributed by atoms with E-state index in [0.29, 0.717) is 4.88 Å². The Kier molecular flexibility index (Phi) is 4.40. The smallest absolute Gasteiger partial charge is 0.267 e. The summed E-state index contributed by atoms with van der Waals surface area (Å²) in [6, 6.07) is 7.80. The van der Waals surface area contributed by atoms with Gasteiger partial charge in [0.25, 0.3) is 5.91 Å². The van der Waals surface area contributed by atoms with Crippen LogP contribution in [0.1, 0.15) is 28.2 Å². The lowest BCUT2D eigenvalue weighted by molar-refractivity contribution is 0.102. The normalized spacial score (nSPS) is 15.8. The maximum absolute atomic E-state index is 12.4. The molecule has 116 valence electrons. The molecule has 2 heterocycles. The molecule has 3 rings (SSSR count). The number of anilines is 2. The molecule has 5 nitrogen and oxygen atoms in total. The van der Waals surface area contributed by atoms with Gasteiger partial charge in [-0.15, -0.1) is 11.3 Å². The van der Waals surface area contributed by atoms with Gasteiger partial charge in [-0.05, 0) is 31.9 Å². The highest BCUT2D eigenvalue weighted by Gasteiger charge is 2.20. The van der Waals surface area contributed by atoms with Crippen molar-refractivity contribution in [2.45, 2.75) is 25.9 Å². The number of rotatable bonds is 3. The molecule has 0 saturated carbocycles. The van der Waals surface area contributed by atoms with Crippen molar-refractivity contribution >= 4 is 28.6 Å². The fraction of sp³-hybridized carbons (Fsp3) is 0.375. The molecule has 0 radical (unpaired) electrons. The van der Waals surface area contributed by atoms with E-state index in [1.165, 1.54) is 11.3 Å². The number of amides is 1. The van der Waals surface area contributed by atoms with Gasteiger partial charge in [0, 0.05) is 13.1 Å². The molecule has 0 bridgehead atoms. The molecule has 1 aliphatic heterocycles. The number of hydrogen-bond donors (Lipinski definition) is 2. The number of carbonyl (C=O) groups is 1. The van der Waals surface area contributed by atoms with E-state index in [0.717, 1.165) is 43.0 Å². The van der Waals surface area contributed by atoms with Crippen molar-refractivity contribution in [3.63, 3.8) is 0 Å². The fourth-order valence-electron chi connectivity index (χ4n) is 2.66. The largest absolute Gasteiger partial charge is 0.393 e. The van der Waals surface area contributed by atoms with Gasteiger partial charge in [-0.2, -0.15) is 0 Å². The Hall–Kier alpha value is -1.92. The average molecular weight is 317 g/mol. The molecule has 1 amide bonds. The molecule has 2 N–H and O–H groups in total. The van der Waals surface area contributed by atoms with Crippen LogP contribution in [0, 0.1) is 6.92 Å². The second-order valence-corrected chi connectivity index (χ2v) is 6.31. The lowest BCUT2D eigenvalue weighted by atomic mass is 10.1. The van der Waals surface area contributed by atoms with Crippen molar-refractivity contribution in [1.82, 2.24) is 4.98 Å². The Morgan fingerprint density at radius 2 is 2.09 bits per heavy atom. The summed E-state index contributed by atoms with van der Waals surface area (Å²) in [5.41, 5.74) is 4.24. The van der Waals surface area contributed by atoms with Crippen LogP contribution in [0.15, 0.2) is 29.8 Å². The highest BCUT2D eigenvalue weighted by molar-refractivity contribution is 7.12. The van der Waals surface area contributed by atoms with Gasteiger partial charge in [-0.25, -0.2) is 4.98 Å². The molecule has 6 heteroatoms. The quantitative estimate of drug-likeness (QED) is 0.913. The van der Waals surface area contributed by atoms with Gasteiger partial charge in [-0.3, -0.25) is 4.79 Å². The Bertz CT molecular complexity index is 663. The van der Waals surface area contributed by atoms with Crippen molar-refractivity contribution in [1.29, 1.82) is 0 Å². The number of piperidine rings is 1. The number of aryl methyl sites for hydroxylation is 1. The van der Waals surface area contributed by atoms with Gasteiger partial charge < -0.3 is 15.3 Å². The standard InChI is InChI=1S/C16H19N3O2S/c1-11-15(22-10-17-11)16(21)18-13-4-2-3-5-14(13)19-8-6-12(20)7-9-19/h2-5,10,12,20H,6-9H2,1H3,(H,18,21). The number of hydrogen-bond acceptors (Lipinski definition) is 5. The highest BCUT2D eigenvalue weighted by Crippen LogP contribution is 2.29. The number of carbonyl (C=O) groups excluding carboxylic acids is 1. The minimum Gasteiger partial charge on any atom is -0.393 e. The number of benzene rings is 1. The molecule has 1 aromatic heterocycles. The first kappa shape index (κ1) is 15.0. The molecule has 0 aliphatic carbocycles. The van der Waals surface area contributed by atoms with Crippen molar-refractivity contribution < 1.29 is 9.90 Å². The Morgan fingerprint density at radius 3 is 2.77 bits per heavy atom. The Labute approximate surface area is 133 Å². The van der Waals surface area contributed by atoms with Crippen LogP contribution in [0.4, 0.5) is 11.4 Å². The van der Waals surface area contributed by atoms with Gasteiger partial charge in [0.2, 0.25) is 0 Å². The monoisotopic (exact) mass is 317 g/mol. The maximum atomic E-state index is 12.4. The van der Waals surface area contributed by atoms with Crippen LogP contribution in [-0.4, -0.2) is 35.2 Å². The first-order valence-electron chi connectivity index (χ1n) is 7.38. The van der Waals surface area contributed by atoms with E-state index in [-0.39, 0.29) is 12.0 Å². The summed E-state index contributed by atoms with van der Waals surface area (Å²) in [6.07, 6.45) is 1.31. The summed E-state index contributed by atoms with van der Waals surface area (Å²) < 4.78 is 0. The first-order chi connectivity index (χ1) is 10.6. The Balaban J connectivity index is 1.80. The predicted molar refractivity (Wildman–Crippen MR) is 88.7 cm³/mol. The lowest BCUT2D eigenvalue weighted by Gasteiger charge is -2.32. The SMILES string of the molecule is Cc1ncsc1C(=O)Nc1ccccc1N1CCC(O)CC1. The van der Waals surface area contributed by atoms with Crippen LogP contribution in [0.5, 0.6) is 0 Å².